The van der Waals surface area contributed by atoms with Gasteiger partial charge < -0.3 is 20.4 Å². The lowest BCUT2D eigenvalue weighted by Crippen LogP contribution is -2.15. The molecule has 0 unspecified atom stereocenters. The Morgan fingerprint density at radius 2 is 2.24 bits per heavy atom. The number of aromatic nitrogens is 2. The van der Waals surface area contributed by atoms with Crippen molar-refractivity contribution in [2.45, 2.75) is 13.3 Å². The molecule has 2 rings (SSSR count). The van der Waals surface area contributed by atoms with Gasteiger partial charge >= 0.3 is 5.69 Å². The lowest BCUT2D eigenvalue weighted by molar-refractivity contribution is 0.102. The highest BCUT2D eigenvalue weighted by atomic mass is 16.2. The Kier molecular flexibility index (Phi) is 4.59. The van der Waals surface area contributed by atoms with Gasteiger partial charge in [-0.15, -0.1) is 0 Å². The second kappa shape index (κ2) is 6.59. The minimum absolute atomic E-state index is 0.00879. The van der Waals surface area contributed by atoms with Gasteiger partial charge in [-0.1, -0.05) is 17.9 Å². The molecule has 21 heavy (non-hydrogen) atoms. The smallest absolute Gasteiger partial charge is 0.323 e. The van der Waals surface area contributed by atoms with E-state index in [-0.39, 0.29) is 12.3 Å². The second-order valence-corrected chi connectivity index (χ2v) is 4.44. The molecule has 6 heteroatoms. The molecule has 1 aromatic carbocycles. The van der Waals surface area contributed by atoms with Gasteiger partial charge in [-0.2, -0.15) is 0 Å². The molecule has 0 aliphatic carbocycles. The van der Waals surface area contributed by atoms with Crippen molar-refractivity contribution in [1.29, 1.82) is 0 Å². The summed E-state index contributed by atoms with van der Waals surface area (Å²) in [7, 11) is 0. The van der Waals surface area contributed by atoms with Crippen molar-refractivity contribution in [3.63, 3.8) is 0 Å². The molecule has 0 aliphatic rings. The van der Waals surface area contributed by atoms with Crippen LogP contribution in [0.4, 0.5) is 5.69 Å². The molecule has 0 spiro atoms. The number of H-pyrrole nitrogens is 2. The summed E-state index contributed by atoms with van der Waals surface area (Å²) in [5, 5.41) is 11.5. The maximum Gasteiger partial charge on any atom is 0.323 e. The second-order valence-electron chi connectivity index (χ2n) is 4.44. The molecular formula is C15H15N3O3. The van der Waals surface area contributed by atoms with E-state index in [9.17, 15) is 9.59 Å². The van der Waals surface area contributed by atoms with Crippen LogP contribution in [0.2, 0.25) is 0 Å². The normalized spacial score (nSPS) is 9.81. The first kappa shape index (κ1) is 14.6. The number of amides is 1. The average molecular weight is 285 g/mol. The van der Waals surface area contributed by atoms with E-state index in [2.05, 4.69) is 27.1 Å². The van der Waals surface area contributed by atoms with Crippen LogP contribution in [0, 0.1) is 18.8 Å². The van der Waals surface area contributed by atoms with E-state index in [1.54, 1.807) is 12.1 Å². The first-order valence-corrected chi connectivity index (χ1v) is 6.39. The van der Waals surface area contributed by atoms with Crippen LogP contribution < -0.4 is 11.0 Å². The molecule has 108 valence electrons. The fourth-order valence-corrected chi connectivity index (χ4v) is 1.73. The monoisotopic (exact) mass is 285 g/mol. The highest BCUT2D eigenvalue weighted by molar-refractivity contribution is 6.03. The van der Waals surface area contributed by atoms with E-state index >= 15 is 0 Å². The Bertz CT molecular complexity index is 762. The average Bonchev–Trinajstić information content (AvgIpc) is 2.88. The molecule has 2 aromatic rings. The van der Waals surface area contributed by atoms with Gasteiger partial charge in [0.05, 0.1) is 12.3 Å². The first-order valence-electron chi connectivity index (χ1n) is 6.39. The van der Waals surface area contributed by atoms with E-state index in [0.717, 1.165) is 5.56 Å². The summed E-state index contributed by atoms with van der Waals surface area (Å²) in [4.78, 5) is 27.8. The molecule has 1 amide bonds. The van der Waals surface area contributed by atoms with Crippen LogP contribution in [0.25, 0.3) is 0 Å². The fraction of sp³-hybridized carbons (Fsp3) is 0.200. The van der Waals surface area contributed by atoms with Gasteiger partial charge in [0, 0.05) is 18.2 Å². The number of anilines is 1. The SMILES string of the molecule is Cc1ccc(C#CCCO)c(NC(=O)c2c[nH]c(=O)[nH]2)c1. The van der Waals surface area contributed by atoms with Gasteiger partial charge in [-0.3, -0.25) is 4.79 Å². The van der Waals surface area contributed by atoms with Gasteiger partial charge in [0.1, 0.15) is 5.69 Å². The number of imidazole rings is 1. The van der Waals surface area contributed by atoms with Crippen LogP contribution >= 0.6 is 0 Å². The standard InChI is InChI=1S/C15H15N3O3/c1-10-5-6-11(4-2-3-7-19)12(8-10)17-14(20)13-9-16-15(21)18-13/h5-6,8-9,19H,3,7H2,1H3,(H,17,20)(H2,16,18,21). The number of aliphatic hydroxyl groups is 1. The highest BCUT2D eigenvalue weighted by Gasteiger charge is 2.10. The summed E-state index contributed by atoms with van der Waals surface area (Å²) >= 11 is 0. The Balaban J connectivity index is 2.26. The molecule has 0 bridgehead atoms. The van der Waals surface area contributed by atoms with Crippen LogP contribution in [0.15, 0.2) is 29.2 Å². The molecule has 1 aromatic heterocycles. The highest BCUT2D eigenvalue weighted by Crippen LogP contribution is 2.17. The third-order valence-electron chi connectivity index (χ3n) is 2.72. The van der Waals surface area contributed by atoms with Crippen molar-refractivity contribution in [2.24, 2.45) is 0 Å². The summed E-state index contributed by atoms with van der Waals surface area (Å²) < 4.78 is 0. The van der Waals surface area contributed by atoms with E-state index in [1.807, 2.05) is 13.0 Å². The summed E-state index contributed by atoms with van der Waals surface area (Å²) in [5.74, 6) is 5.29. The summed E-state index contributed by atoms with van der Waals surface area (Å²) in [6.07, 6.45) is 1.68. The minimum Gasteiger partial charge on any atom is -0.395 e. The van der Waals surface area contributed by atoms with Gasteiger partial charge in [0.2, 0.25) is 0 Å². The zero-order chi connectivity index (χ0) is 15.2. The van der Waals surface area contributed by atoms with Crippen LogP contribution in [-0.4, -0.2) is 27.6 Å². The molecule has 0 atom stereocenters. The predicted molar refractivity (Wildman–Crippen MR) is 79.1 cm³/mol. The van der Waals surface area contributed by atoms with Crippen molar-refractivity contribution in [1.82, 2.24) is 9.97 Å². The number of rotatable bonds is 3. The Hall–Kier alpha value is -2.78. The van der Waals surface area contributed by atoms with E-state index < -0.39 is 11.6 Å². The predicted octanol–water partition coefficient (Wildman–Crippen LogP) is 0.998. The maximum atomic E-state index is 12.0. The Labute approximate surface area is 121 Å². The molecule has 0 aliphatic heterocycles. The zero-order valence-corrected chi connectivity index (χ0v) is 11.5. The minimum atomic E-state index is -0.438. The number of aromatic amines is 2. The molecule has 0 saturated heterocycles. The van der Waals surface area contributed by atoms with Gasteiger partial charge in [0.15, 0.2) is 0 Å². The van der Waals surface area contributed by atoms with Crippen molar-refractivity contribution in [3.8, 4) is 11.8 Å². The number of hydrogen-bond acceptors (Lipinski definition) is 3. The van der Waals surface area contributed by atoms with Gasteiger partial charge in [0.25, 0.3) is 5.91 Å². The lowest BCUT2D eigenvalue weighted by atomic mass is 10.1. The third-order valence-corrected chi connectivity index (χ3v) is 2.72. The number of hydrogen-bond donors (Lipinski definition) is 4. The van der Waals surface area contributed by atoms with Gasteiger partial charge in [-0.05, 0) is 24.6 Å². The molecule has 4 N–H and O–H groups in total. The fourth-order valence-electron chi connectivity index (χ4n) is 1.73. The largest absolute Gasteiger partial charge is 0.395 e. The molecule has 1 heterocycles. The Morgan fingerprint density at radius 1 is 1.43 bits per heavy atom. The number of nitrogens with one attached hydrogen (secondary N) is 3. The van der Waals surface area contributed by atoms with E-state index in [4.69, 9.17) is 5.11 Å². The molecule has 0 fully saturated rings. The number of aryl methyl sites for hydroxylation is 1. The molecular weight excluding hydrogens is 270 g/mol. The summed E-state index contributed by atoms with van der Waals surface area (Å²) in [5.41, 5.74) is 1.90. The molecule has 0 radical (unpaired) electrons. The molecule has 0 saturated carbocycles. The molecule has 6 nitrogen and oxygen atoms in total. The van der Waals surface area contributed by atoms with Crippen molar-refractivity contribution >= 4 is 11.6 Å². The number of carbonyl (C=O) groups is 1. The zero-order valence-electron chi connectivity index (χ0n) is 11.5. The van der Waals surface area contributed by atoms with Crippen LogP contribution in [0.5, 0.6) is 0 Å². The van der Waals surface area contributed by atoms with Crippen LogP contribution in [0.3, 0.4) is 0 Å². The quantitative estimate of drug-likeness (QED) is 0.633. The maximum absolute atomic E-state index is 12.0. The third kappa shape index (κ3) is 3.84. The van der Waals surface area contributed by atoms with Crippen LogP contribution in [0.1, 0.15) is 28.0 Å². The van der Waals surface area contributed by atoms with E-state index in [1.165, 1.54) is 6.20 Å². The topological polar surface area (TPSA) is 98.0 Å². The van der Waals surface area contributed by atoms with Gasteiger partial charge in [-0.25, -0.2) is 4.79 Å². The van der Waals surface area contributed by atoms with Crippen molar-refractivity contribution < 1.29 is 9.90 Å². The summed E-state index contributed by atoms with van der Waals surface area (Å²) in [6, 6.07) is 5.48. The van der Waals surface area contributed by atoms with Crippen LogP contribution in [-0.2, 0) is 0 Å². The van der Waals surface area contributed by atoms with E-state index in [0.29, 0.717) is 17.7 Å². The first-order chi connectivity index (χ1) is 10.1. The number of aliphatic hydroxyl groups excluding tert-OH is 1. The number of benzene rings is 1. The summed E-state index contributed by atoms with van der Waals surface area (Å²) in [6.45, 7) is 1.89. The lowest BCUT2D eigenvalue weighted by Gasteiger charge is -2.07. The van der Waals surface area contributed by atoms with Crippen molar-refractivity contribution in [3.05, 3.63) is 51.7 Å². The Morgan fingerprint density at radius 3 is 2.90 bits per heavy atom. The number of carbonyl (C=O) groups excluding carboxylic acids is 1. The van der Waals surface area contributed by atoms with Crippen molar-refractivity contribution in [2.75, 3.05) is 11.9 Å².